The van der Waals surface area contributed by atoms with Crippen molar-refractivity contribution in [2.24, 2.45) is 0 Å². The van der Waals surface area contributed by atoms with E-state index in [2.05, 4.69) is 12.2 Å². The van der Waals surface area contributed by atoms with Crippen LogP contribution in [0.3, 0.4) is 0 Å². The molecule has 0 saturated heterocycles. The van der Waals surface area contributed by atoms with Gasteiger partial charge in [-0.25, -0.2) is 0 Å². The molecule has 1 aliphatic rings. The summed E-state index contributed by atoms with van der Waals surface area (Å²) in [7, 11) is 0. The standard InChI is InChI=1S/C18H14ClO/c19-18-9-5-4-8-17(18)14-10-12-16(13-11-14)20-15-6-2-1-3-7-15/h1-4,6-13H,5H2. The van der Waals surface area contributed by atoms with Gasteiger partial charge in [0.2, 0.25) is 0 Å². The maximum atomic E-state index is 6.23. The Kier molecular flexibility index (Phi) is 3.89. The molecule has 1 aliphatic carbocycles. The zero-order valence-corrected chi connectivity index (χ0v) is 11.7. The third-order valence-corrected chi connectivity index (χ3v) is 3.48. The van der Waals surface area contributed by atoms with Crippen molar-refractivity contribution in [1.82, 2.24) is 0 Å². The fourth-order valence-corrected chi connectivity index (χ4v) is 2.37. The summed E-state index contributed by atoms with van der Waals surface area (Å²) in [4.78, 5) is 0. The Balaban J connectivity index is 1.80. The minimum Gasteiger partial charge on any atom is -0.457 e. The van der Waals surface area contributed by atoms with E-state index in [0.717, 1.165) is 34.1 Å². The molecule has 2 aromatic rings. The second-order valence-electron chi connectivity index (χ2n) is 4.54. The van der Waals surface area contributed by atoms with E-state index in [1.165, 1.54) is 0 Å². The highest BCUT2D eigenvalue weighted by Crippen LogP contribution is 2.31. The number of para-hydroxylation sites is 1. The van der Waals surface area contributed by atoms with Gasteiger partial charge in [0.25, 0.3) is 0 Å². The smallest absolute Gasteiger partial charge is 0.127 e. The lowest BCUT2D eigenvalue weighted by Crippen LogP contribution is -1.91. The minimum absolute atomic E-state index is 0.809. The SMILES string of the molecule is ClC1=C(c2ccc(Oc3ccccc3)cc2)C=CC[CH]1. The Morgan fingerprint density at radius 1 is 0.850 bits per heavy atom. The molecule has 2 aromatic carbocycles. The van der Waals surface area contributed by atoms with Crippen LogP contribution < -0.4 is 4.74 Å². The van der Waals surface area contributed by atoms with Crippen molar-refractivity contribution in [3.63, 3.8) is 0 Å². The van der Waals surface area contributed by atoms with Crippen LogP contribution >= 0.6 is 11.6 Å². The van der Waals surface area contributed by atoms with Crippen LogP contribution in [0.15, 0.2) is 71.8 Å². The topological polar surface area (TPSA) is 9.23 Å². The van der Waals surface area contributed by atoms with Gasteiger partial charge in [-0.2, -0.15) is 0 Å². The second-order valence-corrected chi connectivity index (χ2v) is 4.95. The lowest BCUT2D eigenvalue weighted by Gasteiger charge is -2.11. The third-order valence-electron chi connectivity index (χ3n) is 3.12. The Morgan fingerprint density at radius 2 is 1.55 bits per heavy atom. The van der Waals surface area contributed by atoms with Crippen LogP contribution in [0, 0.1) is 6.42 Å². The van der Waals surface area contributed by atoms with Crippen LogP contribution in [0.2, 0.25) is 0 Å². The van der Waals surface area contributed by atoms with Crippen molar-refractivity contribution < 1.29 is 4.74 Å². The minimum atomic E-state index is 0.809. The van der Waals surface area contributed by atoms with Crippen molar-refractivity contribution in [3.05, 3.63) is 83.8 Å². The summed E-state index contributed by atoms with van der Waals surface area (Å²) in [6.45, 7) is 0. The lowest BCUT2D eigenvalue weighted by molar-refractivity contribution is 0.482. The van der Waals surface area contributed by atoms with Crippen molar-refractivity contribution >= 4 is 17.2 Å². The number of benzene rings is 2. The number of halogens is 1. The summed E-state index contributed by atoms with van der Waals surface area (Å²) < 4.78 is 5.77. The molecule has 20 heavy (non-hydrogen) atoms. The Bertz CT molecular complexity index is 639. The Hall–Kier alpha value is -1.99. The molecule has 0 amide bonds. The van der Waals surface area contributed by atoms with E-state index in [9.17, 15) is 0 Å². The summed E-state index contributed by atoms with van der Waals surface area (Å²) in [6.07, 6.45) is 7.09. The monoisotopic (exact) mass is 281 g/mol. The van der Waals surface area contributed by atoms with E-state index in [-0.39, 0.29) is 0 Å². The number of allylic oxidation sites excluding steroid dienone is 4. The van der Waals surface area contributed by atoms with Crippen LogP contribution in [0.25, 0.3) is 5.57 Å². The largest absolute Gasteiger partial charge is 0.457 e. The summed E-state index contributed by atoms with van der Waals surface area (Å²) in [5.41, 5.74) is 2.16. The van der Waals surface area contributed by atoms with Crippen molar-refractivity contribution in [1.29, 1.82) is 0 Å². The van der Waals surface area contributed by atoms with Crippen LogP contribution in [0.4, 0.5) is 0 Å². The molecule has 0 aromatic heterocycles. The molecule has 0 saturated carbocycles. The first kappa shape index (κ1) is 13.0. The summed E-state index contributed by atoms with van der Waals surface area (Å²) in [5.74, 6) is 1.66. The van der Waals surface area contributed by atoms with Gasteiger partial charge >= 0.3 is 0 Å². The summed E-state index contributed by atoms with van der Waals surface area (Å²) in [6, 6.07) is 17.7. The molecule has 1 radical (unpaired) electrons. The average molecular weight is 282 g/mol. The highest BCUT2D eigenvalue weighted by atomic mass is 35.5. The van der Waals surface area contributed by atoms with Crippen LogP contribution in [0.5, 0.6) is 11.5 Å². The maximum Gasteiger partial charge on any atom is 0.127 e. The molecule has 1 nitrogen and oxygen atoms in total. The molecular weight excluding hydrogens is 268 g/mol. The molecule has 0 atom stereocenters. The highest BCUT2D eigenvalue weighted by Gasteiger charge is 2.08. The van der Waals surface area contributed by atoms with E-state index in [4.69, 9.17) is 16.3 Å². The molecular formula is C18H14ClO. The van der Waals surface area contributed by atoms with E-state index < -0.39 is 0 Å². The molecule has 0 bridgehead atoms. The van der Waals surface area contributed by atoms with Gasteiger partial charge in [0.05, 0.1) is 0 Å². The summed E-state index contributed by atoms with van der Waals surface area (Å²) in [5, 5.41) is 0.809. The lowest BCUT2D eigenvalue weighted by atomic mass is 9.99. The van der Waals surface area contributed by atoms with Crippen molar-refractivity contribution in [2.75, 3.05) is 0 Å². The van der Waals surface area contributed by atoms with Crippen molar-refractivity contribution in [3.8, 4) is 11.5 Å². The Labute approximate surface area is 124 Å². The molecule has 0 heterocycles. The molecule has 0 N–H and O–H groups in total. The predicted octanol–water partition coefficient (Wildman–Crippen LogP) is 5.59. The second kappa shape index (κ2) is 5.98. The Morgan fingerprint density at radius 3 is 2.25 bits per heavy atom. The highest BCUT2D eigenvalue weighted by molar-refractivity contribution is 6.34. The average Bonchev–Trinajstić information content (AvgIpc) is 2.50. The van der Waals surface area contributed by atoms with E-state index >= 15 is 0 Å². The first-order chi connectivity index (χ1) is 9.83. The van der Waals surface area contributed by atoms with Gasteiger partial charge in [-0.15, -0.1) is 0 Å². The zero-order chi connectivity index (χ0) is 13.8. The fraction of sp³-hybridized carbons (Fsp3) is 0.0556. The fourth-order valence-electron chi connectivity index (χ4n) is 2.11. The van der Waals surface area contributed by atoms with E-state index in [0.29, 0.717) is 0 Å². The molecule has 0 aliphatic heterocycles. The van der Waals surface area contributed by atoms with Crippen LogP contribution in [0.1, 0.15) is 12.0 Å². The molecule has 2 heteroatoms. The van der Waals surface area contributed by atoms with Gasteiger partial charge in [0.15, 0.2) is 0 Å². The van der Waals surface area contributed by atoms with Gasteiger partial charge in [0, 0.05) is 11.5 Å². The van der Waals surface area contributed by atoms with Gasteiger partial charge in [0.1, 0.15) is 11.5 Å². The summed E-state index contributed by atoms with van der Waals surface area (Å²) >= 11 is 6.23. The van der Waals surface area contributed by atoms with Crippen molar-refractivity contribution in [2.45, 2.75) is 6.42 Å². The van der Waals surface area contributed by atoms with E-state index in [1.807, 2.05) is 61.0 Å². The zero-order valence-electron chi connectivity index (χ0n) is 10.9. The first-order valence-electron chi connectivity index (χ1n) is 6.56. The molecule has 0 fully saturated rings. The van der Waals surface area contributed by atoms with Gasteiger partial charge in [-0.1, -0.05) is 54.1 Å². The van der Waals surface area contributed by atoms with Gasteiger partial charge < -0.3 is 4.74 Å². The molecule has 3 rings (SSSR count). The van der Waals surface area contributed by atoms with E-state index in [1.54, 1.807) is 0 Å². The molecule has 99 valence electrons. The van der Waals surface area contributed by atoms with Gasteiger partial charge in [-0.3, -0.25) is 0 Å². The first-order valence-corrected chi connectivity index (χ1v) is 6.93. The predicted molar refractivity (Wildman–Crippen MR) is 83.8 cm³/mol. The van der Waals surface area contributed by atoms with Crippen LogP contribution in [-0.2, 0) is 0 Å². The quantitative estimate of drug-likeness (QED) is 0.712. The number of rotatable bonds is 3. The molecule has 0 unspecified atom stereocenters. The third kappa shape index (κ3) is 2.94. The molecule has 0 spiro atoms. The van der Waals surface area contributed by atoms with Gasteiger partial charge in [-0.05, 0) is 41.8 Å². The maximum absolute atomic E-state index is 6.23. The normalized spacial score (nSPS) is 14.4. The number of ether oxygens (including phenoxy) is 1. The number of hydrogen-bond acceptors (Lipinski definition) is 1. The number of hydrogen-bond donors (Lipinski definition) is 0. The van der Waals surface area contributed by atoms with Crippen LogP contribution in [-0.4, -0.2) is 0 Å².